The second-order valence-corrected chi connectivity index (χ2v) is 3.01. The van der Waals surface area contributed by atoms with Crippen LogP contribution in [-0.4, -0.2) is 6.36 Å². The molecule has 2 nitrogen and oxygen atoms in total. The quantitative estimate of drug-likeness (QED) is 0.848. The van der Waals surface area contributed by atoms with E-state index in [1.54, 1.807) is 19.1 Å². The van der Waals surface area contributed by atoms with Crippen LogP contribution < -0.4 is 10.5 Å². The van der Waals surface area contributed by atoms with Crippen LogP contribution in [0.5, 0.6) is 5.75 Å². The van der Waals surface area contributed by atoms with E-state index in [1.807, 2.05) is 0 Å². The van der Waals surface area contributed by atoms with Gasteiger partial charge in [-0.3, -0.25) is 0 Å². The molecular weight excluding hydrogens is 207 g/mol. The van der Waals surface area contributed by atoms with E-state index in [-0.39, 0.29) is 12.3 Å². The number of hydrogen-bond donors (Lipinski definition) is 1. The molecule has 0 radical (unpaired) electrons. The lowest BCUT2D eigenvalue weighted by molar-refractivity contribution is -0.275. The Bertz CT molecular complexity index is 314. The minimum atomic E-state index is -4.67. The molecule has 0 spiro atoms. The second-order valence-electron chi connectivity index (χ2n) is 3.01. The smallest absolute Gasteiger partial charge is 0.405 e. The summed E-state index contributed by atoms with van der Waals surface area (Å²) < 4.78 is 40.3. The highest BCUT2D eigenvalue weighted by Gasteiger charge is 2.32. The van der Waals surface area contributed by atoms with Crippen molar-refractivity contribution in [2.75, 3.05) is 0 Å². The van der Waals surface area contributed by atoms with Crippen LogP contribution in [0.25, 0.3) is 0 Å². The van der Waals surface area contributed by atoms with Crippen molar-refractivity contribution in [1.29, 1.82) is 0 Å². The van der Waals surface area contributed by atoms with Crippen molar-refractivity contribution < 1.29 is 17.9 Å². The number of halogens is 3. The van der Waals surface area contributed by atoms with Crippen molar-refractivity contribution in [2.45, 2.75) is 26.3 Å². The van der Waals surface area contributed by atoms with Crippen LogP contribution in [0.4, 0.5) is 13.2 Å². The van der Waals surface area contributed by atoms with Gasteiger partial charge in [0.25, 0.3) is 0 Å². The molecule has 0 aromatic heterocycles. The Morgan fingerprint density at radius 1 is 1.27 bits per heavy atom. The van der Waals surface area contributed by atoms with Gasteiger partial charge in [0.2, 0.25) is 0 Å². The fourth-order valence-electron chi connectivity index (χ4n) is 1.32. The highest BCUT2D eigenvalue weighted by molar-refractivity contribution is 5.41. The van der Waals surface area contributed by atoms with Crippen LogP contribution in [-0.2, 0) is 13.0 Å². The predicted octanol–water partition coefficient (Wildman–Crippen LogP) is 2.61. The van der Waals surface area contributed by atoms with Gasteiger partial charge in [-0.15, -0.1) is 13.2 Å². The molecule has 0 atom stereocenters. The average molecular weight is 219 g/mol. The third-order valence-corrected chi connectivity index (χ3v) is 2.00. The number of ether oxygens (including phenoxy) is 1. The molecule has 5 heteroatoms. The van der Waals surface area contributed by atoms with Gasteiger partial charge in [-0.25, -0.2) is 0 Å². The molecule has 84 valence electrons. The average Bonchev–Trinajstić information content (AvgIpc) is 2.16. The molecule has 2 N–H and O–H groups in total. The molecule has 1 aromatic carbocycles. The molecule has 1 aromatic rings. The van der Waals surface area contributed by atoms with Crippen molar-refractivity contribution in [1.82, 2.24) is 0 Å². The van der Waals surface area contributed by atoms with Gasteiger partial charge >= 0.3 is 6.36 Å². The summed E-state index contributed by atoms with van der Waals surface area (Å²) in [7, 11) is 0. The largest absolute Gasteiger partial charge is 0.573 e. The SMILES string of the molecule is CCc1cccc(CN)c1OC(F)(F)F. The van der Waals surface area contributed by atoms with E-state index in [9.17, 15) is 13.2 Å². The first-order valence-electron chi connectivity index (χ1n) is 4.54. The lowest BCUT2D eigenvalue weighted by Crippen LogP contribution is -2.19. The highest BCUT2D eigenvalue weighted by Crippen LogP contribution is 2.30. The molecular formula is C10H12F3NO. The Kier molecular flexibility index (Phi) is 3.57. The third kappa shape index (κ3) is 3.13. The van der Waals surface area contributed by atoms with E-state index < -0.39 is 6.36 Å². The molecule has 0 fully saturated rings. The lowest BCUT2D eigenvalue weighted by atomic mass is 10.1. The minimum Gasteiger partial charge on any atom is -0.405 e. The number of alkyl halides is 3. The summed E-state index contributed by atoms with van der Waals surface area (Å²) in [6.45, 7) is 1.79. The Balaban J connectivity index is 3.11. The molecule has 0 aliphatic carbocycles. The van der Waals surface area contributed by atoms with Gasteiger partial charge < -0.3 is 10.5 Å². The summed E-state index contributed by atoms with van der Waals surface area (Å²) in [5.74, 6) is -0.157. The Hall–Kier alpha value is -1.23. The van der Waals surface area contributed by atoms with E-state index in [1.165, 1.54) is 6.07 Å². The fourth-order valence-corrected chi connectivity index (χ4v) is 1.32. The molecule has 0 aliphatic rings. The number of para-hydroxylation sites is 1. The van der Waals surface area contributed by atoms with Crippen molar-refractivity contribution >= 4 is 0 Å². The first-order chi connectivity index (χ1) is 6.98. The van der Waals surface area contributed by atoms with Crippen molar-refractivity contribution in [3.63, 3.8) is 0 Å². The van der Waals surface area contributed by atoms with Gasteiger partial charge in [0.15, 0.2) is 0 Å². The van der Waals surface area contributed by atoms with Crippen LogP contribution in [0.3, 0.4) is 0 Å². The van der Waals surface area contributed by atoms with Crippen LogP contribution in [0.2, 0.25) is 0 Å². The summed E-state index contributed by atoms with van der Waals surface area (Å²) in [5, 5.41) is 0. The maximum atomic E-state index is 12.1. The van der Waals surface area contributed by atoms with Gasteiger partial charge in [-0.05, 0) is 12.0 Å². The van der Waals surface area contributed by atoms with Crippen LogP contribution in [0.15, 0.2) is 18.2 Å². The Morgan fingerprint density at radius 2 is 1.87 bits per heavy atom. The molecule has 0 aliphatic heterocycles. The van der Waals surface area contributed by atoms with E-state index in [4.69, 9.17) is 5.73 Å². The zero-order valence-electron chi connectivity index (χ0n) is 8.27. The first-order valence-corrected chi connectivity index (χ1v) is 4.54. The molecule has 0 bridgehead atoms. The van der Waals surface area contributed by atoms with Gasteiger partial charge in [0.05, 0.1) is 0 Å². The Morgan fingerprint density at radius 3 is 2.33 bits per heavy atom. The summed E-state index contributed by atoms with van der Waals surface area (Å²) >= 11 is 0. The van der Waals surface area contributed by atoms with E-state index >= 15 is 0 Å². The second kappa shape index (κ2) is 4.53. The van der Waals surface area contributed by atoms with E-state index in [2.05, 4.69) is 4.74 Å². The molecule has 1 rings (SSSR count). The molecule has 0 saturated carbocycles. The van der Waals surface area contributed by atoms with Crippen LogP contribution >= 0.6 is 0 Å². The first kappa shape index (κ1) is 11.8. The number of nitrogens with two attached hydrogens (primary N) is 1. The molecule has 0 saturated heterocycles. The zero-order valence-corrected chi connectivity index (χ0v) is 8.27. The molecule has 0 heterocycles. The van der Waals surface area contributed by atoms with Gasteiger partial charge in [-0.1, -0.05) is 25.1 Å². The number of benzene rings is 1. The third-order valence-electron chi connectivity index (χ3n) is 2.00. The summed E-state index contributed by atoms with van der Waals surface area (Å²) in [4.78, 5) is 0. The molecule has 0 amide bonds. The fraction of sp³-hybridized carbons (Fsp3) is 0.400. The topological polar surface area (TPSA) is 35.2 Å². The van der Waals surface area contributed by atoms with Crippen molar-refractivity contribution in [3.8, 4) is 5.75 Å². The van der Waals surface area contributed by atoms with Gasteiger partial charge in [-0.2, -0.15) is 0 Å². The summed E-state index contributed by atoms with van der Waals surface area (Å²) in [6, 6.07) is 4.80. The maximum Gasteiger partial charge on any atom is 0.573 e. The van der Waals surface area contributed by atoms with Crippen molar-refractivity contribution in [2.24, 2.45) is 5.73 Å². The normalized spacial score (nSPS) is 11.5. The van der Waals surface area contributed by atoms with Crippen LogP contribution in [0, 0.1) is 0 Å². The highest BCUT2D eigenvalue weighted by atomic mass is 19.4. The molecule has 0 unspecified atom stereocenters. The summed E-state index contributed by atoms with van der Waals surface area (Å²) in [5.41, 5.74) is 6.22. The summed E-state index contributed by atoms with van der Waals surface area (Å²) in [6.07, 6.45) is -4.20. The van der Waals surface area contributed by atoms with E-state index in [0.717, 1.165) is 0 Å². The van der Waals surface area contributed by atoms with Crippen LogP contribution in [0.1, 0.15) is 18.1 Å². The maximum absolute atomic E-state index is 12.1. The predicted molar refractivity (Wildman–Crippen MR) is 50.4 cm³/mol. The zero-order chi connectivity index (χ0) is 11.5. The molecule has 15 heavy (non-hydrogen) atoms. The monoisotopic (exact) mass is 219 g/mol. The number of aryl methyl sites for hydroxylation is 1. The van der Waals surface area contributed by atoms with Crippen molar-refractivity contribution in [3.05, 3.63) is 29.3 Å². The van der Waals surface area contributed by atoms with E-state index in [0.29, 0.717) is 17.5 Å². The minimum absolute atomic E-state index is 0.0270. The standard InChI is InChI=1S/C10H12F3NO/c1-2-7-4-3-5-8(6-14)9(7)15-10(11,12)13/h3-5H,2,6,14H2,1H3. The van der Waals surface area contributed by atoms with Gasteiger partial charge in [0, 0.05) is 12.1 Å². The lowest BCUT2D eigenvalue weighted by Gasteiger charge is -2.15. The Labute approximate surface area is 85.8 Å². The van der Waals surface area contributed by atoms with Gasteiger partial charge in [0.1, 0.15) is 5.75 Å². The number of rotatable bonds is 3. The number of hydrogen-bond acceptors (Lipinski definition) is 2.